The molecular formula is C19H38O2. The summed E-state index contributed by atoms with van der Waals surface area (Å²) in [6.45, 7) is 20.7. The van der Waals surface area contributed by atoms with Gasteiger partial charge in [-0.05, 0) is 29.1 Å². The Hall–Kier alpha value is -0.0800. The third-order valence-corrected chi connectivity index (χ3v) is 4.37. The van der Waals surface area contributed by atoms with Crippen LogP contribution in [-0.2, 0) is 9.47 Å². The predicted octanol–water partition coefficient (Wildman–Crippen LogP) is 5.30. The summed E-state index contributed by atoms with van der Waals surface area (Å²) in [5, 5.41) is 0. The standard InChI is InChI=1S/C19H38O2/c1-17(2,3)11-13-15(19(7,8)9)16(20-10)14(21-13)12-18(4,5)6/h13-16H,11-12H2,1-10H3. The summed E-state index contributed by atoms with van der Waals surface area (Å²) in [6.07, 6.45) is 2.86. The van der Waals surface area contributed by atoms with E-state index in [0.29, 0.717) is 12.0 Å². The molecule has 4 atom stereocenters. The maximum Gasteiger partial charge on any atom is 0.0891 e. The molecule has 0 aromatic heterocycles. The fourth-order valence-electron chi connectivity index (χ4n) is 3.72. The molecule has 0 amide bonds. The van der Waals surface area contributed by atoms with Gasteiger partial charge in [0.25, 0.3) is 0 Å². The van der Waals surface area contributed by atoms with Crippen LogP contribution < -0.4 is 0 Å². The first-order chi connectivity index (χ1) is 9.24. The molecule has 0 N–H and O–H groups in total. The Morgan fingerprint density at radius 1 is 0.762 bits per heavy atom. The lowest BCUT2D eigenvalue weighted by molar-refractivity contribution is -0.0330. The molecule has 0 radical (unpaired) electrons. The van der Waals surface area contributed by atoms with E-state index in [1.165, 1.54) is 0 Å². The molecule has 1 rings (SSSR count). The topological polar surface area (TPSA) is 18.5 Å². The van der Waals surface area contributed by atoms with E-state index < -0.39 is 0 Å². The largest absolute Gasteiger partial charge is 0.378 e. The zero-order valence-corrected chi connectivity index (χ0v) is 16.0. The lowest BCUT2D eigenvalue weighted by atomic mass is 9.70. The lowest BCUT2D eigenvalue weighted by Crippen LogP contribution is -2.40. The van der Waals surface area contributed by atoms with Crippen LogP contribution in [0.4, 0.5) is 0 Å². The van der Waals surface area contributed by atoms with Crippen molar-refractivity contribution in [3.8, 4) is 0 Å². The maximum atomic E-state index is 6.53. The van der Waals surface area contributed by atoms with Crippen LogP contribution in [0.15, 0.2) is 0 Å². The van der Waals surface area contributed by atoms with Crippen molar-refractivity contribution in [2.45, 2.75) is 93.5 Å². The molecule has 1 aliphatic rings. The second-order valence-corrected chi connectivity index (χ2v) is 10.3. The number of rotatable bonds is 3. The first-order valence-electron chi connectivity index (χ1n) is 8.43. The number of hydrogen-bond acceptors (Lipinski definition) is 2. The van der Waals surface area contributed by atoms with Gasteiger partial charge in [0.2, 0.25) is 0 Å². The van der Waals surface area contributed by atoms with Crippen molar-refractivity contribution < 1.29 is 9.47 Å². The lowest BCUT2D eigenvalue weighted by Gasteiger charge is -2.36. The van der Waals surface area contributed by atoms with Gasteiger partial charge in [-0.1, -0.05) is 62.3 Å². The van der Waals surface area contributed by atoms with E-state index in [2.05, 4.69) is 62.3 Å². The van der Waals surface area contributed by atoms with Gasteiger partial charge in [0.05, 0.1) is 18.3 Å². The number of methoxy groups -OCH3 is 1. The Kier molecular flexibility index (Phi) is 5.60. The minimum Gasteiger partial charge on any atom is -0.378 e. The Labute approximate surface area is 133 Å². The number of hydrogen-bond donors (Lipinski definition) is 0. The van der Waals surface area contributed by atoms with E-state index in [4.69, 9.17) is 9.47 Å². The van der Waals surface area contributed by atoms with Gasteiger partial charge in [-0.25, -0.2) is 0 Å². The summed E-state index contributed by atoms with van der Waals surface area (Å²) in [5.41, 5.74) is 0.743. The molecule has 1 heterocycles. The van der Waals surface area contributed by atoms with Crippen LogP contribution in [0.5, 0.6) is 0 Å². The van der Waals surface area contributed by atoms with Gasteiger partial charge in [-0.3, -0.25) is 0 Å². The highest BCUT2D eigenvalue weighted by Gasteiger charge is 2.51. The molecule has 0 saturated carbocycles. The molecule has 0 aromatic rings. The van der Waals surface area contributed by atoms with Crippen LogP contribution in [0.2, 0.25) is 0 Å². The van der Waals surface area contributed by atoms with E-state index in [9.17, 15) is 0 Å². The molecule has 126 valence electrons. The molecule has 21 heavy (non-hydrogen) atoms. The highest BCUT2D eigenvalue weighted by Crippen LogP contribution is 2.47. The summed E-state index contributed by atoms with van der Waals surface area (Å²) in [7, 11) is 1.85. The van der Waals surface area contributed by atoms with Crippen molar-refractivity contribution in [1.29, 1.82) is 0 Å². The molecule has 0 aromatic carbocycles. The Bertz CT molecular complexity index is 327. The van der Waals surface area contributed by atoms with Crippen molar-refractivity contribution in [3.05, 3.63) is 0 Å². The van der Waals surface area contributed by atoms with Gasteiger partial charge in [0, 0.05) is 13.0 Å². The highest BCUT2D eigenvalue weighted by atomic mass is 16.6. The third kappa shape index (κ3) is 5.56. The molecule has 0 bridgehead atoms. The average Bonchev–Trinajstić information content (AvgIpc) is 2.49. The van der Waals surface area contributed by atoms with E-state index >= 15 is 0 Å². The highest BCUT2D eigenvalue weighted by molar-refractivity contribution is 4.99. The summed E-state index contributed by atoms with van der Waals surface area (Å²) in [6, 6.07) is 0. The van der Waals surface area contributed by atoms with Crippen LogP contribution in [-0.4, -0.2) is 25.4 Å². The van der Waals surface area contributed by atoms with Gasteiger partial charge in [-0.2, -0.15) is 0 Å². The van der Waals surface area contributed by atoms with Crippen molar-refractivity contribution in [2.24, 2.45) is 22.2 Å². The predicted molar refractivity (Wildman–Crippen MR) is 90.5 cm³/mol. The van der Waals surface area contributed by atoms with Crippen LogP contribution in [0, 0.1) is 22.2 Å². The van der Waals surface area contributed by atoms with Crippen molar-refractivity contribution >= 4 is 0 Å². The Morgan fingerprint density at radius 3 is 1.52 bits per heavy atom. The quantitative estimate of drug-likeness (QED) is 0.703. The average molecular weight is 299 g/mol. The molecule has 1 fully saturated rings. The van der Waals surface area contributed by atoms with Gasteiger partial charge in [0.1, 0.15) is 0 Å². The van der Waals surface area contributed by atoms with Crippen molar-refractivity contribution in [3.63, 3.8) is 0 Å². The zero-order valence-electron chi connectivity index (χ0n) is 16.0. The van der Waals surface area contributed by atoms with Crippen molar-refractivity contribution in [1.82, 2.24) is 0 Å². The second kappa shape index (κ2) is 6.20. The molecule has 1 aliphatic heterocycles. The minimum atomic E-state index is 0.198. The molecular weight excluding hydrogens is 260 g/mol. The molecule has 0 spiro atoms. The summed E-state index contributed by atoms with van der Waals surface area (Å²) in [4.78, 5) is 0. The number of ether oxygens (including phenoxy) is 2. The van der Waals surface area contributed by atoms with Gasteiger partial charge in [0.15, 0.2) is 0 Å². The molecule has 2 heteroatoms. The van der Waals surface area contributed by atoms with Gasteiger partial charge >= 0.3 is 0 Å². The van der Waals surface area contributed by atoms with Crippen LogP contribution in [0.3, 0.4) is 0 Å². The monoisotopic (exact) mass is 298 g/mol. The fraction of sp³-hybridized carbons (Fsp3) is 1.00. The van der Waals surface area contributed by atoms with Crippen LogP contribution in [0.25, 0.3) is 0 Å². The first kappa shape index (κ1) is 19.0. The van der Waals surface area contributed by atoms with Crippen LogP contribution >= 0.6 is 0 Å². The van der Waals surface area contributed by atoms with E-state index in [1.54, 1.807) is 0 Å². The maximum absolute atomic E-state index is 6.53. The van der Waals surface area contributed by atoms with Gasteiger partial charge < -0.3 is 9.47 Å². The SMILES string of the molecule is COC1C(CC(C)(C)C)OC(CC(C)(C)C)C1C(C)(C)C. The van der Waals surface area contributed by atoms with Gasteiger partial charge in [-0.15, -0.1) is 0 Å². The van der Waals surface area contributed by atoms with Crippen molar-refractivity contribution in [2.75, 3.05) is 7.11 Å². The summed E-state index contributed by atoms with van der Waals surface area (Å²) in [5.74, 6) is 0.453. The van der Waals surface area contributed by atoms with Crippen LogP contribution in [0.1, 0.15) is 75.2 Å². The first-order valence-corrected chi connectivity index (χ1v) is 8.43. The molecule has 4 unspecified atom stereocenters. The second-order valence-electron chi connectivity index (χ2n) is 10.3. The minimum absolute atomic E-state index is 0.198. The summed E-state index contributed by atoms with van der Waals surface area (Å²) < 4.78 is 12.5. The van der Waals surface area contributed by atoms with E-state index in [0.717, 1.165) is 12.8 Å². The molecule has 0 aliphatic carbocycles. The smallest absolute Gasteiger partial charge is 0.0891 e. The summed E-state index contributed by atoms with van der Waals surface area (Å²) >= 11 is 0. The fourth-order valence-corrected chi connectivity index (χ4v) is 3.72. The van der Waals surface area contributed by atoms with E-state index in [1.807, 2.05) is 7.11 Å². The third-order valence-electron chi connectivity index (χ3n) is 4.37. The Balaban J connectivity index is 3.02. The zero-order chi connectivity index (χ0) is 16.6. The Morgan fingerprint density at radius 2 is 1.19 bits per heavy atom. The normalized spacial score (nSPS) is 31.7. The molecule has 1 saturated heterocycles. The van der Waals surface area contributed by atoms with E-state index in [-0.39, 0.29) is 28.5 Å². The molecule has 2 nitrogen and oxygen atoms in total.